The molecular formula is C140H100N4S4. The molecule has 0 bridgehead atoms. The minimum absolute atomic E-state index is 0.343. The average molecular weight is 1970 g/mol. The molecule has 28 aromatic rings. The van der Waals surface area contributed by atoms with Gasteiger partial charge in [-0.1, -0.05) is 367 Å². The topological polar surface area (TPSA) is 13.0 Å². The van der Waals surface area contributed by atoms with Crippen molar-refractivity contribution in [3.05, 3.63) is 508 Å². The molecule has 0 saturated heterocycles. The molecule has 0 radical (unpaired) electrons. The van der Waals surface area contributed by atoms with Crippen molar-refractivity contribution in [3.63, 3.8) is 0 Å². The monoisotopic (exact) mass is 1960 g/mol. The Hall–Kier alpha value is -17.1. The minimum Gasteiger partial charge on any atom is -0.309 e. The summed E-state index contributed by atoms with van der Waals surface area (Å²) in [4.78, 5) is 10.2. The molecule has 8 heteroatoms. The number of benzene rings is 24. The lowest BCUT2D eigenvalue weighted by atomic mass is 9.92. The lowest BCUT2D eigenvalue weighted by Crippen LogP contribution is -2.15. The van der Waals surface area contributed by atoms with Gasteiger partial charge in [0.1, 0.15) is 0 Å². The van der Waals surface area contributed by atoms with Gasteiger partial charge in [0.25, 0.3) is 0 Å². The van der Waals surface area contributed by atoms with Crippen LogP contribution in [-0.4, -0.2) is 0 Å². The molecular weight excluding hydrogens is 1870 g/mol. The molecule has 0 amide bonds. The van der Waals surface area contributed by atoms with Crippen molar-refractivity contribution in [2.75, 3.05) is 19.6 Å². The third kappa shape index (κ3) is 15.7. The molecule has 4 aromatic heterocycles. The van der Waals surface area contributed by atoms with E-state index in [4.69, 9.17) is 0 Å². The van der Waals surface area contributed by atoms with Crippen molar-refractivity contribution in [1.82, 2.24) is 0 Å². The third-order valence-electron chi connectivity index (χ3n) is 29.9. The van der Waals surface area contributed by atoms with Crippen LogP contribution < -0.4 is 19.6 Å². The van der Waals surface area contributed by atoms with Crippen LogP contribution in [-0.2, 0) is 0 Å². The summed E-state index contributed by atoms with van der Waals surface area (Å²) in [5.41, 5.74) is 28.2. The molecule has 0 aliphatic carbocycles. The quantitative estimate of drug-likeness (QED) is 0.0627. The summed E-state index contributed by atoms with van der Waals surface area (Å²) in [7, 11) is 0. The molecule has 0 aliphatic rings. The van der Waals surface area contributed by atoms with E-state index in [-0.39, 0.29) is 0 Å². The summed E-state index contributed by atoms with van der Waals surface area (Å²) in [6.45, 7) is 13.6. The smallest absolute Gasteiger partial charge is 0.0620 e. The van der Waals surface area contributed by atoms with Crippen molar-refractivity contribution in [3.8, 4) is 44.5 Å². The Bertz CT molecular complexity index is 9620. The van der Waals surface area contributed by atoms with Crippen LogP contribution in [0.15, 0.2) is 485 Å². The summed E-state index contributed by atoms with van der Waals surface area (Å²) < 4.78 is 10.5. The fourth-order valence-corrected chi connectivity index (χ4v) is 27.9. The largest absolute Gasteiger partial charge is 0.309 e. The van der Waals surface area contributed by atoms with Gasteiger partial charge in [0.05, 0.1) is 22.7 Å². The highest BCUT2D eigenvalue weighted by Crippen LogP contribution is 2.58. The van der Waals surface area contributed by atoms with Crippen molar-refractivity contribution in [2.45, 2.75) is 53.4 Å². The summed E-state index contributed by atoms with van der Waals surface area (Å²) in [5, 5.41) is 24.6. The predicted molar refractivity (Wildman–Crippen MR) is 648 cm³/mol. The molecule has 0 N–H and O–H groups in total. The van der Waals surface area contributed by atoms with Crippen molar-refractivity contribution >= 4 is 259 Å². The zero-order valence-corrected chi connectivity index (χ0v) is 86.0. The van der Waals surface area contributed by atoms with Crippen LogP contribution in [0.25, 0.3) is 190 Å². The minimum atomic E-state index is 0.343. The maximum Gasteiger partial charge on any atom is 0.0620 e. The molecule has 24 aromatic carbocycles. The van der Waals surface area contributed by atoms with E-state index in [1.165, 1.54) is 212 Å². The maximum atomic E-state index is 2.56. The van der Waals surface area contributed by atoms with Gasteiger partial charge in [0, 0.05) is 169 Å². The molecule has 148 heavy (non-hydrogen) atoms. The highest BCUT2D eigenvalue weighted by molar-refractivity contribution is 7.27. The van der Waals surface area contributed by atoms with Crippen LogP contribution in [0, 0.1) is 13.8 Å². The van der Waals surface area contributed by atoms with Crippen molar-refractivity contribution in [2.24, 2.45) is 0 Å². The van der Waals surface area contributed by atoms with Gasteiger partial charge in [0.15, 0.2) is 0 Å². The number of rotatable bonds is 18. The fraction of sp³-hybridized carbons (Fsp3) is 0.0571. The summed E-state index contributed by atoms with van der Waals surface area (Å²) in [5.74, 6) is 0.686. The number of hydrogen-bond donors (Lipinski definition) is 0. The first-order chi connectivity index (χ1) is 72.9. The second-order valence-corrected chi connectivity index (χ2v) is 44.0. The highest BCUT2D eigenvalue weighted by atomic mass is 32.1. The normalized spacial score (nSPS) is 11.8. The first kappa shape index (κ1) is 89.7. The first-order valence-corrected chi connectivity index (χ1v) is 54.4. The van der Waals surface area contributed by atoms with Crippen LogP contribution >= 0.6 is 45.3 Å². The summed E-state index contributed by atoms with van der Waals surface area (Å²) in [6, 6.07) is 181. The van der Waals surface area contributed by atoms with E-state index in [2.05, 4.69) is 546 Å². The van der Waals surface area contributed by atoms with Gasteiger partial charge in [0.2, 0.25) is 0 Å². The molecule has 0 fully saturated rings. The third-order valence-corrected chi connectivity index (χ3v) is 34.8. The average Bonchev–Trinajstić information content (AvgIpc) is 1.17. The zero-order valence-electron chi connectivity index (χ0n) is 82.8. The van der Waals surface area contributed by atoms with Crippen LogP contribution in [0.4, 0.5) is 68.2 Å². The Morgan fingerprint density at radius 2 is 0.378 bits per heavy atom. The zero-order chi connectivity index (χ0) is 98.9. The molecule has 0 unspecified atom stereocenters. The molecule has 0 saturated carbocycles. The summed E-state index contributed by atoms with van der Waals surface area (Å²) in [6.07, 6.45) is 0. The molecule has 0 aliphatic heterocycles. The molecule has 4 nitrogen and oxygen atoms in total. The van der Waals surface area contributed by atoms with Crippen LogP contribution in [0.2, 0.25) is 0 Å². The fourth-order valence-electron chi connectivity index (χ4n) is 23.0. The van der Waals surface area contributed by atoms with Gasteiger partial charge in [-0.15, -0.1) is 45.3 Å². The molecule has 0 atom stereocenters. The number of aryl methyl sites for hydroxylation is 2. The standard InChI is InChI=1S/C72H54N2S2.C68H46N2S2/c1-45(2)47-21-13-25-53(39-47)73(55-27-15-23-51(41-55)57-33-17-35-63-59-29-9-11-37-67(59)75-71(57)63)69-61-31-7-8-32-62(61)70(66-44-50-20-6-5-19-49(50)43-65(66)69)74(54-26-14-22-48(40-54)46(3)4)56-28-16-24-52(42-56)58-34-18-36-64-60-30-10-12-38-68(60)76-72(58)64;1-43-17-11-23-49(37-43)69(51-25-13-21-45(39-51)55-31-15-33-59-57-29-7-9-35-63(57)71-67(55)59)65-53-27-5-3-19-47(53)42-62-61(65)41-48-20-4-6-28-54(48)66(62)70(50-24-12-18-44(2)38-50)52-26-14-22-46(40-52)56-32-16-34-60-58-30-8-10-36-64(58)72-68(56)60/h5-46H,1-4H3;3-42H,1-2H3. The van der Waals surface area contributed by atoms with E-state index in [1.54, 1.807) is 0 Å². The Labute approximate surface area is 876 Å². The Balaban J connectivity index is 0.000000146. The number of thiophene rings is 4. The number of anilines is 12. The summed E-state index contributed by atoms with van der Waals surface area (Å²) >= 11 is 7.53. The lowest BCUT2D eigenvalue weighted by Gasteiger charge is -2.33. The van der Waals surface area contributed by atoms with Crippen molar-refractivity contribution in [1.29, 1.82) is 0 Å². The van der Waals surface area contributed by atoms with Crippen molar-refractivity contribution < 1.29 is 0 Å². The molecule has 0 spiro atoms. The van der Waals surface area contributed by atoms with Gasteiger partial charge in [-0.25, -0.2) is 0 Å². The molecule has 28 rings (SSSR count). The van der Waals surface area contributed by atoms with Gasteiger partial charge >= 0.3 is 0 Å². The van der Waals surface area contributed by atoms with E-state index in [0.29, 0.717) is 11.8 Å². The lowest BCUT2D eigenvalue weighted by molar-refractivity contribution is 0.866. The van der Waals surface area contributed by atoms with E-state index < -0.39 is 0 Å². The van der Waals surface area contributed by atoms with E-state index in [0.717, 1.165) is 68.2 Å². The van der Waals surface area contributed by atoms with Crippen LogP contribution in [0.3, 0.4) is 0 Å². The maximum absolute atomic E-state index is 2.56. The molecule has 704 valence electrons. The number of nitrogens with zero attached hydrogens (tertiary/aromatic N) is 4. The number of hydrogen-bond acceptors (Lipinski definition) is 8. The van der Waals surface area contributed by atoms with E-state index in [9.17, 15) is 0 Å². The van der Waals surface area contributed by atoms with E-state index in [1.807, 2.05) is 45.3 Å². The Morgan fingerprint density at radius 1 is 0.162 bits per heavy atom. The van der Waals surface area contributed by atoms with Gasteiger partial charge in [-0.2, -0.15) is 0 Å². The second-order valence-electron chi connectivity index (χ2n) is 39.8. The first-order valence-electron chi connectivity index (χ1n) is 51.2. The second kappa shape index (κ2) is 37.2. The number of fused-ring (bicyclic) bond motifs is 18. The van der Waals surface area contributed by atoms with Gasteiger partial charge < -0.3 is 19.6 Å². The van der Waals surface area contributed by atoms with Crippen LogP contribution in [0.5, 0.6) is 0 Å². The highest BCUT2D eigenvalue weighted by Gasteiger charge is 2.32. The Morgan fingerprint density at radius 3 is 0.669 bits per heavy atom. The SMILES string of the molecule is CC(C)c1cccc(N(c2cccc(-c3cccc4c3sc3ccccc34)c2)c2c3ccccc3c(N(c3cccc(-c4cccc5c4sc4ccccc45)c3)c3cccc(C(C)C)c3)c3cc4ccccc4cc23)c1.Cc1cccc(N(c2cccc(-c3cccc4c3sc3ccccc34)c2)c2c3ccccc3cc3c(N(c4cccc(C)c4)c4cccc(-c5cccc6c5sc5ccccc56)c4)c4ccccc4cc23)c1. The van der Waals surface area contributed by atoms with Gasteiger partial charge in [-0.3, -0.25) is 0 Å². The molecule has 4 heterocycles. The van der Waals surface area contributed by atoms with Crippen LogP contribution in [0.1, 0.15) is 61.8 Å². The predicted octanol–water partition coefficient (Wildman–Crippen LogP) is 43.2. The Kier molecular flexibility index (Phi) is 22.6. The van der Waals surface area contributed by atoms with E-state index >= 15 is 0 Å². The van der Waals surface area contributed by atoms with Gasteiger partial charge in [-0.05, 0) is 260 Å².